The van der Waals surface area contributed by atoms with E-state index in [1.54, 1.807) is 13.8 Å². The van der Waals surface area contributed by atoms with Gasteiger partial charge >= 0.3 is 5.97 Å². The molecule has 2 aliphatic rings. The van der Waals surface area contributed by atoms with Crippen molar-refractivity contribution in [2.45, 2.75) is 31.8 Å². The third kappa shape index (κ3) is 2.86. The molecule has 2 aromatic carbocycles. The monoisotopic (exact) mass is 349 g/mol. The summed E-state index contributed by atoms with van der Waals surface area (Å²) in [5.41, 5.74) is 1.14. The lowest BCUT2D eigenvalue weighted by Crippen LogP contribution is -2.38. The summed E-state index contributed by atoms with van der Waals surface area (Å²) in [6.07, 6.45) is 0.207. The summed E-state index contributed by atoms with van der Waals surface area (Å²) in [6, 6.07) is 17.0. The Morgan fingerprint density at radius 2 is 1.77 bits per heavy atom. The third-order valence-corrected chi connectivity index (χ3v) is 4.68. The zero-order valence-electron chi connectivity index (χ0n) is 14.6. The molecule has 0 radical (unpaired) electrons. The average molecular weight is 349 g/mol. The van der Waals surface area contributed by atoms with Crippen LogP contribution >= 0.6 is 0 Å². The van der Waals surface area contributed by atoms with Gasteiger partial charge in [0.25, 0.3) is 0 Å². The Morgan fingerprint density at radius 1 is 1.04 bits per heavy atom. The Labute approximate surface area is 151 Å². The van der Waals surface area contributed by atoms with Gasteiger partial charge in [0.05, 0.1) is 11.3 Å². The van der Waals surface area contributed by atoms with Crippen molar-refractivity contribution in [3.63, 3.8) is 0 Å². The van der Waals surface area contributed by atoms with Crippen molar-refractivity contribution >= 4 is 11.9 Å². The second-order valence-electron chi connectivity index (χ2n) is 6.98. The third-order valence-electron chi connectivity index (χ3n) is 4.68. The summed E-state index contributed by atoms with van der Waals surface area (Å²) in [5.74, 6) is 0.561. The number of rotatable bonds is 3. The molecule has 1 amide bonds. The van der Waals surface area contributed by atoms with E-state index < -0.39 is 5.60 Å². The highest BCUT2D eigenvalue weighted by atomic mass is 16.6. The lowest BCUT2D eigenvalue weighted by atomic mass is 9.83. The SMILES string of the molecule is CC1(C)OC(=O)C2=C1NC(=O)C[C@@H]2c1cccc(Oc2ccccc2)c1. The molecule has 0 saturated heterocycles. The number of carbonyl (C=O) groups is 2. The maximum absolute atomic E-state index is 12.4. The number of cyclic esters (lactones) is 1. The van der Waals surface area contributed by atoms with Crippen molar-refractivity contribution in [2.24, 2.45) is 0 Å². The summed E-state index contributed by atoms with van der Waals surface area (Å²) in [7, 11) is 0. The first-order chi connectivity index (χ1) is 12.4. The summed E-state index contributed by atoms with van der Waals surface area (Å²) >= 11 is 0. The van der Waals surface area contributed by atoms with E-state index in [1.807, 2.05) is 54.6 Å². The van der Waals surface area contributed by atoms with E-state index in [4.69, 9.17) is 9.47 Å². The molecule has 5 nitrogen and oxygen atoms in total. The van der Waals surface area contributed by atoms with E-state index in [-0.39, 0.29) is 24.2 Å². The van der Waals surface area contributed by atoms with Crippen LogP contribution in [-0.2, 0) is 14.3 Å². The molecule has 1 atom stereocenters. The number of para-hydroxylation sites is 1. The second-order valence-corrected chi connectivity index (χ2v) is 6.98. The zero-order chi connectivity index (χ0) is 18.3. The van der Waals surface area contributed by atoms with Crippen molar-refractivity contribution in [3.8, 4) is 11.5 Å². The van der Waals surface area contributed by atoms with Gasteiger partial charge in [0.1, 0.15) is 17.1 Å². The van der Waals surface area contributed by atoms with Gasteiger partial charge < -0.3 is 14.8 Å². The summed E-state index contributed by atoms with van der Waals surface area (Å²) < 4.78 is 11.3. The van der Waals surface area contributed by atoms with Crippen LogP contribution in [0.25, 0.3) is 0 Å². The predicted octanol–water partition coefficient (Wildman–Crippen LogP) is 3.67. The topological polar surface area (TPSA) is 64.6 Å². The zero-order valence-corrected chi connectivity index (χ0v) is 14.6. The molecule has 2 heterocycles. The molecule has 0 aromatic heterocycles. The smallest absolute Gasteiger partial charge is 0.337 e. The average Bonchev–Trinajstić information content (AvgIpc) is 2.84. The van der Waals surface area contributed by atoms with E-state index in [0.717, 1.165) is 11.3 Å². The molecule has 0 unspecified atom stereocenters. The van der Waals surface area contributed by atoms with E-state index >= 15 is 0 Å². The first kappa shape index (κ1) is 16.4. The standard InChI is InChI=1S/C21H19NO4/c1-21(2)19-18(20(24)26-21)16(12-17(23)22-19)13-7-6-10-15(11-13)25-14-8-4-3-5-9-14/h3-11,16H,12H2,1-2H3,(H,22,23)/t16-/m1/s1. The Balaban J connectivity index is 1.71. The van der Waals surface area contributed by atoms with Crippen LogP contribution in [0.4, 0.5) is 0 Å². The Morgan fingerprint density at radius 3 is 2.54 bits per heavy atom. The van der Waals surface area contributed by atoms with Gasteiger partial charge in [0.15, 0.2) is 0 Å². The number of carbonyl (C=O) groups excluding carboxylic acids is 2. The van der Waals surface area contributed by atoms with Crippen molar-refractivity contribution in [1.29, 1.82) is 0 Å². The van der Waals surface area contributed by atoms with Crippen LogP contribution < -0.4 is 10.1 Å². The number of amides is 1. The minimum atomic E-state index is -0.821. The number of ether oxygens (including phenoxy) is 2. The van der Waals surface area contributed by atoms with Gasteiger partial charge in [-0.25, -0.2) is 4.79 Å². The molecule has 0 fully saturated rings. The molecule has 0 aliphatic carbocycles. The summed E-state index contributed by atoms with van der Waals surface area (Å²) in [5, 5.41) is 2.82. The van der Waals surface area contributed by atoms with Crippen LogP contribution in [0.15, 0.2) is 65.9 Å². The number of nitrogens with one attached hydrogen (secondary N) is 1. The molecule has 5 heteroatoms. The van der Waals surface area contributed by atoms with Crippen LogP contribution in [0.5, 0.6) is 11.5 Å². The minimum Gasteiger partial charge on any atom is -0.457 e. The lowest BCUT2D eigenvalue weighted by Gasteiger charge is -2.27. The van der Waals surface area contributed by atoms with Gasteiger partial charge in [0, 0.05) is 12.3 Å². The first-order valence-corrected chi connectivity index (χ1v) is 8.55. The van der Waals surface area contributed by atoms with E-state index in [0.29, 0.717) is 17.0 Å². The van der Waals surface area contributed by atoms with Crippen LogP contribution in [0.2, 0.25) is 0 Å². The summed E-state index contributed by atoms with van der Waals surface area (Å²) in [6.45, 7) is 3.57. The molecule has 0 saturated carbocycles. The molecule has 4 rings (SSSR count). The molecule has 0 spiro atoms. The van der Waals surface area contributed by atoms with Crippen LogP contribution in [0.3, 0.4) is 0 Å². The first-order valence-electron chi connectivity index (χ1n) is 8.55. The molecule has 2 aromatic rings. The molecular formula is C21H19NO4. The van der Waals surface area contributed by atoms with Gasteiger partial charge in [-0.2, -0.15) is 0 Å². The van der Waals surface area contributed by atoms with Gasteiger partial charge in [-0.3, -0.25) is 4.79 Å². The van der Waals surface area contributed by atoms with Gasteiger partial charge in [-0.15, -0.1) is 0 Å². The van der Waals surface area contributed by atoms with Crippen molar-refractivity contribution in [3.05, 3.63) is 71.4 Å². The molecule has 132 valence electrons. The van der Waals surface area contributed by atoms with Crippen molar-refractivity contribution < 1.29 is 19.1 Å². The number of hydrogen-bond donors (Lipinski definition) is 1. The Kier molecular flexibility index (Phi) is 3.80. The molecule has 0 bridgehead atoms. The number of hydrogen-bond acceptors (Lipinski definition) is 4. The second kappa shape index (κ2) is 6.02. The van der Waals surface area contributed by atoms with Crippen molar-refractivity contribution in [1.82, 2.24) is 5.32 Å². The van der Waals surface area contributed by atoms with E-state index in [2.05, 4.69) is 5.32 Å². The lowest BCUT2D eigenvalue weighted by molar-refractivity contribution is -0.144. The predicted molar refractivity (Wildman–Crippen MR) is 95.7 cm³/mol. The highest BCUT2D eigenvalue weighted by Gasteiger charge is 2.47. The highest BCUT2D eigenvalue weighted by molar-refractivity contribution is 5.99. The molecular weight excluding hydrogens is 330 g/mol. The van der Waals surface area contributed by atoms with Gasteiger partial charge in [0.2, 0.25) is 5.91 Å². The number of benzene rings is 2. The van der Waals surface area contributed by atoms with Gasteiger partial charge in [-0.1, -0.05) is 30.3 Å². The van der Waals surface area contributed by atoms with E-state index in [9.17, 15) is 9.59 Å². The molecule has 2 aliphatic heterocycles. The quantitative estimate of drug-likeness (QED) is 0.859. The van der Waals surface area contributed by atoms with Crippen LogP contribution in [0.1, 0.15) is 31.7 Å². The fourth-order valence-electron chi connectivity index (χ4n) is 3.48. The maximum Gasteiger partial charge on any atom is 0.337 e. The van der Waals surface area contributed by atoms with Crippen LogP contribution in [0, 0.1) is 0 Å². The van der Waals surface area contributed by atoms with Crippen molar-refractivity contribution in [2.75, 3.05) is 0 Å². The highest BCUT2D eigenvalue weighted by Crippen LogP contribution is 2.43. The Bertz CT molecular complexity index is 915. The number of esters is 1. The Hall–Kier alpha value is -3.08. The van der Waals surface area contributed by atoms with Crippen LogP contribution in [-0.4, -0.2) is 17.5 Å². The molecule has 1 N–H and O–H groups in total. The normalized spacial score (nSPS) is 21.1. The molecule has 26 heavy (non-hydrogen) atoms. The maximum atomic E-state index is 12.4. The fraction of sp³-hybridized carbons (Fsp3) is 0.238. The minimum absolute atomic E-state index is 0.116. The van der Waals surface area contributed by atoms with Gasteiger partial charge in [-0.05, 0) is 43.7 Å². The fourth-order valence-corrected chi connectivity index (χ4v) is 3.48. The van der Waals surface area contributed by atoms with E-state index in [1.165, 1.54) is 0 Å². The summed E-state index contributed by atoms with van der Waals surface area (Å²) in [4.78, 5) is 24.6. The largest absolute Gasteiger partial charge is 0.457 e.